The van der Waals surface area contributed by atoms with E-state index in [1.54, 1.807) is 0 Å². The van der Waals surface area contributed by atoms with Crippen molar-refractivity contribution >= 4 is 78.8 Å². The van der Waals surface area contributed by atoms with Crippen molar-refractivity contribution in [2.45, 2.75) is 5.41 Å². The van der Waals surface area contributed by atoms with Gasteiger partial charge in [0.05, 0.1) is 27.8 Å². The van der Waals surface area contributed by atoms with Gasteiger partial charge in [0.15, 0.2) is 0 Å². The largest absolute Gasteiger partial charge is 0.456 e. The molecule has 0 saturated heterocycles. The summed E-state index contributed by atoms with van der Waals surface area (Å²) in [6, 6.07) is 74.3. The molecule has 1 atom stereocenters. The first kappa shape index (κ1) is 40.6. The van der Waals surface area contributed by atoms with E-state index in [-0.39, 0.29) is 0 Å². The van der Waals surface area contributed by atoms with Crippen LogP contribution in [0.15, 0.2) is 254 Å². The van der Waals surface area contributed by atoms with Gasteiger partial charge in [0.1, 0.15) is 11.3 Å². The molecule has 0 radical (unpaired) electrons. The summed E-state index contributed by atoms with van der Waals surface area (Å²) in [5, 5.41) is 5.79. The third kappa shape index (κ3) is 6.28. The maximum absolute atomic E-state index is 6.45. The Morgan fingerprint density at radius 1 is 0.559 bits per heavy atom. The highest BCUT2D eigenvalue weighted by molar-refractivity contribution is 6.09. The number of allylic oxidation sites excluding steroid dienone is 4. The number of hydrogen-bond acceptors (Lipinski definition) is 2. The summed E-state index contributed by atoms with van der Waals surface area (Å²) in [4.78, 5) is 2.45. The predicted octanol–water partition coefficient (Wildman–Crippen LogP) is 17.6. The van der Waals surface area contributed by atoms with Crippen LogP contribution < -0.4 is 4.90 Å². The zero-order valence-corrected chi connectivity index (χ0v) is 37.5. The van der Waals surface area contributed by atoms with Crippen LogP contribution in [0.25, 0.3) is 78.6 Å². The van der Waals surface area contributed by atoms with E-state index in [0.717, 1.165) is 89.1 Å². The normalized spacial score (nSPS) is 14.3. The van der Waals surface area contributed by atoms with Crippen LogP contribution in [0.3, 0.4) is 0 Å². The fourth-order valence-electron chi connectivity index (χ4n) is 10.9. The molecule has 2 aromatic heterocycles. The Bertz CT molecular complexity index is 3820. The van der Waals surface area contributed by atoms with E-state index in [1.807, 2.05) is 18.2 Å². The van der Waals surface area contributed by atoms with E-state index < -0.39 is 5.41 Å². The summed E-state index contributed by atoms with van der Waals surface area (Å²) in [5.74, 6) is 0.736. The fourth-order valence-corrected chi connectivity index (χ4v) is 10.9. The zero-order chi connectivity index (χ0) is 45.8. The Balaban J connectivity index is 1.12. The molecule has 1 unspecified atom stereocenters. The number of furan rings is 1. The maximum atomic E-state index is 6.45. The van der Waals surface area contributed by atoms with Gasteiger partial charge in [-0.2, -0.15) is 0 Å². The van der Waals surface area contributed by atoms with Crippen LogP contribution >= 0.6 is 0 Å². The van der Waals surface area contributed by atoms with Crippen molar-refractivity contribution < 1.29 is 4.42 Å². The van der Waals surface area contributed by atoms with Gasteiger partial charge in [-0.1, -0.05) is 196 Å². The van der Waals surface area contributed by atoms with Gasteiger partial charge in [-0.25, -0.2) is 0 Å². The lowest BCUT2D eigenvalue weighted by molar-refractivity contribution is 0.604. The molecular weight excluding hydrogens is 825 g/mol. The van der Waals surface area contributed by atoms with Crippen LogP contribution in [0.4, 0.5) is 17.1 Å². The van der Waals surface area contributed by atoms with E-state index in [4.69, 9.17) is 11.0 Å². The minimum Gasteiger partial charge on any atom is -0.456 e. The molecule has 11 aromatic rings. The van der Waals surface area contributed by atoms with E-state index in [0.29, 0.717) is 0 Å². The van der Waals surface area contributed by atoms with Crippen molar-refractivity contribution in [2.24, 2.45) is 0 Å². The highest BCUT2D eigenvalue weighted by atomic mass is 16.3. The number of anilines is 3. The van der Waals surface area contributed by atoms with Crippen molar-refractivity contribution in [2.75, 3.05) is 4.90 Å². The van der Waals surface area contributed by atoms with Gasteiger partial charge < -0.3 is 13.9 Å². The molecule has 0 bridgehead atoms. The van der Waals surface area contributed by atoms with Crippen molar-refractivity contribution in [3.63, 3.8) is 0 Å². The van der Waals surface area contributed by atoms with Crippen LogP contribution in [0.2, 0.25) is 0 Å². The summed E-state index contributed by atoms with van der Waals surface area (Å²) in [7, 11) is 0. The molecule has 322 valence electrons. The minimum atomic E-state index is -0.674. The molecule has 0 amide bonds. The predicted molar refractivity (Wildman–Crippen MR) is 288 cm³/mol. The van der Waals surface area contributed by atoms with Crippen LogP contribution in [0, 0.1) is 0 Å². The van der Waals surface area contributed by atoms with E-state index >= 15 is 0 Å². The molecule has 0 N–H and O–H groups in total. The van der Waals surface area contributed by atoms with Gasteiger partial charge in [-0.05, 0) is 111 Å². The molecule has 3 nitrogen and oxygen atoms in total. The first-order chi connectivity index (χ1) is 33.6. The number of benzene rings is 9. The highest BCUT2D eigenvalue weighted by Gasteiger charge is 2.47. The summed E-state index contributed by atoms with van der Waals surface area (Å²) in [5.41, 5.74) is 15.5. The summed E-state index contributed by atoms with van der Waals surface area (Å²) < 4.78 is 8.85. The SMILES string of the molecule is C=C/C=C\C(=C)C1(c2ccccc2)c2ccccc2-c2c(N(c3cccc(-n4c5ccccc5c5ccccc54)c3)c3ccccc3/C=C/c3c(C=C)oc4cc5ccccc5cc34)cccc21. The van der Waals surface area contributed by atoms with Crippen molar-refractivity contribution in [3.05, 3.63) is 283 Å². The summed E-state index contributed by atoms with van der Waals surface area (Å²) in [6.07, 6.45) is 12.2. The number of rotatable bonds is 11. The van der Waals surface area contributed by atoms with Crippen LogP contribution in [0.1, 0.15) is 33.6 Å². The monoisotopic (exact) mass is 870 g/mol. The average molecular weight is 871 g/mol. The number of para-hydroxylation sites is 3. The first-order valence-corrected chi connectivity index (χ1v) is 23.1. The van der Waals surface area contributed by atoms with Crippen molar-refractivity contribution in [3.8, 4) is 16.8 Å². The third-order valence-corrected chi connectivity index (χ3v) is 13.8. The quantitative estimate of drug-likeness (QED) is 0.121. The first-order valence-electron chi connectivity index (χ1n) is 23.1. The Kier molecular flexibility index (Phi) is 9.85. The standard InChI is InChI=1S/C65H46N2O/c1-4-6-22-44(3)65(48-26-8-7-9-27-48)56-33-16-13-32-54(56)64-57(65)34-21-38-61(64)66(49-28-20-29-50(43-49)67-59-36-18-14-30-51(59)52-31-15-19-37-60(52)67)58-35-17-12-23-45(58)39-40-53-55-41-46-24-10-11-25-47(46)42-63(55)68-62(53)5-2/h4-43H,1-3H2/b22-6-,40-39+. The molecule has 68 heavy (non-hydrogen) atoms. The second-order valence-corrected chi connectivity index (χ2v) is 17.4. The van der Waals surface area contributed by atoms with Gasteiger partial charge in [-0.15, -0.1) is 0 Å². The maximum Gasteiger partial charge on any atom is 0.136 e. The van der Waals surface area contributed by atoms with Crippen LogP contribution in [0.5, 0.6) is 0 Å². The second-order valence-electron chi connectivity index (χ2n) is 17.4. The van der Waals surface area contributed by atoms with Crippen LogP contribution in [-0.4, -0.2) is 4.57 Å². The number of nitrogens with zero attached hydrogens (tertiary/aromatic N) is 2. The lowest BCUT2D eigenvalue weighted by Gasteiger charge is -2.35. The van der Waals surface area contributed by atoms with Gasteiger partial charge in [-0.3, -0.25) is 0 Å². The molecule has 0 fully saturated rings. The Hall–Kier alpha value is -8.92. The van der Waals surface area contributed by atoms with E-state index in [1.165, 1.54) is 27.5 Å². The zero-order valence-electron chi connectivity index (χ0n) is 37.5. The van der Waals surface area contributed by atoms with Crippen molar-refractivity contribution in [1.82, 2.24) is 4.57 Å². The highest BCUT2D eigenvalue weighted by Crippen LogP contribution is 2.60. The molecule has 12 rings (SSSR count). The van der Waals surface area contributed by atoms with Gasteiger partial charge >= 0.3 is 0 Å². The van der Waals surface area contributed by atoms with Gasteiger partial charge in [0, 0.05) is 38.7 Å². The Morgan fingerprint density at radius 3 is 1.99 bits per heavy atom. The average Bonchev–Trinajstić information content (AvgIpc) is 4.03. The Labute approximate surface area is 396 Å². The molecule has 1 aliphatic carbocycles. The van der Waals surface area contributed by atoms with Gasteiger partial charge in [0.2, 0.25) is 0 Å². The smallest absolute Gasteiger partial charge is 0.136 e. The molecule has 0 spiro atoms. The third-order valence-electron chi connectivity index (χ3n) is 13.8. The fraction of sp³-hybridized carbons (Fsp3) is 0.0154. The van der Waals surface area contributed by atoms with Crippen LogP contribution in [-0.2, 0) is 5.41 Å². The molecule has 9 aromatic carbocycles. The van der Waals surface area contributed by atoms with Crippen molar-refractivity contribution in [1.29, 1.82) is 0 Å². The lowest BCUT2D eigenvalue weighted by Crippen LogP contribution is -2.28. The molecule has 0 saturated carbocycles. The summed E-state index contributed by atoms with van der Waals surface area (Å²) >= 11 is 0. The molecule has 1 aliphatic rings. The van der Waals surface area contributed by atoms with E-state index in [9.17, 15) is 0 Å². The molecule has 3 heteroatoms. The molecule has 2 heterocycles. The molecule has 0 aliphatic heterocycles. The number of fused-ring (bicyclic) bond motifs is 8. The topological polar surface area (TPSA) is 21.3 Å². The van der Waals surface area contributed by atoms with Gasteiger partial charge in [0.25, 0.3) is 0 Å². The minimum absolute atomic E-state index is 0.674. The summed E-state index contributed by atoms with van der Waals surface area (Å²) in [6.45, 7) is 13.0. The second kappa shape index (κ2) is 16.5. The lowest BCUT2D eigenvalue weighted by atomic mass is 9.67. The number of aromatic nitrogens is 1. The Morgan fingerprint density at radius 2 is 1.21 bits per heavy atom. The molecular formula is C65H46N2O. The van der Waals surface area contributed by atoms with E-state index in [2.05, 4.69) is 247 Å². The number of hydrogen-bond donors (Lipinski definition) is 0.